The van der Waals surface area contributed by atoms with Crippen LogP contribution in [0.3, 0.4) is 0 Å². The van der Waals surface area contributed by atoms with Gasteiger partial charge in [0.1, 0.15) is 17.0 Å². The van der Waals surface area contributed by atoms with Crippen LogP contribution in [0.5, 0.6) is 11.5 Å². The number of carbonyl (C=O) groups is 2. The first-order chi connectivity index (χ1) is 13.9. The molecule has 2 aromatic carbocycles. The number of carboxylic acid groups (broad SMARTS) is 1. The second-order valence-electron chi connectivity index (χ2n) is 7.90. The third kappa shape index (κ3) is 3.38. The van der Waals surface area contributed by atoms with Crippen molar-refractivity contribution >= 4 is 11.9 Å². The van der Waals surface area contributed by atoms with Crippen LogP contribution >= 0.6 is 0 Å². The van der Waals surface area contributed by atoms with E-state index in [4.69, 9.17) is 15.2 Å². The van der Waals surface area contributed by atoms with Crippen LogP contribution in [0.15, 0.2) is 48.5 Å². The van der Waals surface area contributed by atoms with Crippen molar-refractivity contribution in [3.8, 4) is 11.5 Å². The Morgan fingerprint density at radius 1 is 1.10 bits per heavy atom. The van der Waals surface area contributed by atoms with Crippen molar-refractivity contribution in [2.45, 2.75) is 37.6 Å². The van der Waals surface area contributed by atoms with Crippen molar-refractivity contribution < 1.29 is 24.2 Å². The van der Waals surface area contributed by atoms with Crippen LogP contribution in [0.25, 0.3) is 0 Å². The summed E-state index contributed by atoms with van der Waals surface area (Å²) in [5.41, 5.74) is 6.96. The van der Waals surface area contributed by atoms with Crippen molar-refractivity contribution in [1.29, 1.82) is 0 Å². The van der Waals surface area contributed by atoms with E-state index in [0.29, 0.717) is 19.4 Å². The normalized spacial score (nSPS) is 22.3. The minimum Gasteiger partial charge on any atom is -0.480 e. The van der Waals surface area contributed by atoms with E-state index >= 15 is 0 Å². The van der Waals surface area contributed by atoms with Gasteiger partial charge in [-0.25, -0.2) is 0 Å². The zero-order valence-corrected chi connectivity index (χ0v) is 16.3. The summed E-state index contributed by atoms with van der Waals surface area (Å²) in [7, 11) is 0. The van der Waals surface area contributed by atoms with Crippen LogP contribution in [0.1, 0.15) is 43.2 Å². The molecule has 2 aromatic rings. The lowest BCUT2D eigenvalue weighted by Gasteiger charge is -2.45. The first-order valence-corrected chi connectivity index (χ1v) is 9.98. The summed E-state index contributed by atoms with van der Waals surface area (Å²) in [5.74, 6) is -0.597. The van der Waals surface area contributed by atoms with Crippen molar-refractivity contribution in [1.82, 2.24) is 0 Å². The van der Waals surface area contributed by atoms with Crippen molar-refractivity contribution in [3.05, 3.63) is 59.7 Å². The van der Waals surface area contributed by atoms with E-state index in [1.165, 1.54) is 0 Å². The SMILES string of the molecule is CCOC(=O)C1CC(C(N)(CC2c3ccccc3Oc3ccccc32)C(=O)O)C1. The largest absolute Gasteiger partial charge is 0.480 e. The third-order valence-electron chi connectivity index (χ3n) is 6.24. The molecule has 1 saturated carbocycles. The maximum absolute atomic E-state index is 12.3. The van der Waals surface area contributed by atoms with E-state index in [9.17, 15) is 14.7 Å². The topological polar surface area (TPSA) is 98.9 Å². The van der Waals surface area contributed by atoms with Crippen molar-refractivity contribution in [2.75, 3.05) is 6.61 Å². The second kappa shape index (κ2) is 7.52. The Morgan fingerprint density at radius 2 is 1.66 bits per heavy atom. The Hall–Kier alpha value is -2.86. The Morgan fingerprint density at radius 3 is 2.17 bits per heavy atom. The van der Waals surface area contributed by atoms with Gasteiger partial charge in [0.25, 0.3) is 0 Å². The van der Waals surface area contributed by atoms with Crippen LogP contribution in [-0.4, -0.2) is 29.2 Å². The fraction of sp³-hybridized carbons (Fsp3) is 0.391. The number of carboxylic acids is 1. The van der Waals surface area contributed by atoms with E-state index in [1.807, 2.05) is 48.5 Å². The molecular weight excluding hydrogens is 370 g/mol. The predicted molar refractivity (Wildman–Crippen MR) is 107 cm³/mol. The molecule has 0 saturated heterocycles. The quantitative estimate of drug-likeness (QED) is 0.724. The number of nitrogens with two attached hydrogens (primary N) is 1. The molecule has 1 aliphatic carbocycles. The standard InChI is InChI=1S/C23H25NO5/c1-2-28-21(25)14-11-15(12-14)23(24,22(26)27)13-18-16-7-3-5-9-19(16)29-20-10-6-4-8-17(18)20/h3-10,14-15,18H,2,11-13,24H2,1H3,(H,26,27). The van der Waals surface area contributed by atoms with Gasteiger partial charge in [-0.3, -0.25) is 9.59 Å². The summed E-state index contributed by atoms with van der Waals surface area (Å²) < 4.78 is 11.1. The molecule has 2 aliphatic rings. The molecule has 6 heteroatoms. The number of fused-ring (bicyclic) bond motifs is 2. The summed E-state index contributed by atoms with van der Waals surface area (Å²) in [6.45, 7) is 2.08. The molecule has 0 spiro atoms. The molecule has 0 radical (unpaired) electrons. The highest BCUT2D eigenvalue weighted by atomic mass is 16.5. The number of ether oxygens (including phenoxy) is 2. The highest BCUT2D eigenvalue weighted by Crippen LogP contribution is 2.50. The van der Waals surface area contributed by atoms with Crippen LogP contribution < -0.4 is 10.5 Å². The average Bonchev–Trinajstić information content (AvgIpc) is 2.66. The van der Waals surface area contributed by atoms with E-state index in [1.54, 1.807) is 6.92 Å². The molecule has 4 rings (SSSR count). The maximum atomic E-state index is 12.3. The number of aliphatic carboxylic acids is 1. The van der Waals surface area contributed by atoms with Crippen LogP contribution in [0, 0.1) is 11.8 Å². The first kappa shape index (κ1) is 19.5. The fourth-order valence-electron chi connectivity index (χ4n) is 4.49. The lowest BCUT2D eigenvalue weighted by molar-refractivity contribution is -0.159. The van der Waals surface area contributed by atoms with Gasteiger partial charge in [-0.05, 0) is 44.2 Å². The predicted octanol–water partition coefficient (Wildman–Crippen LogP) is 3.69. The number of benzene rings is 2. The molecule has 6 nitrogen and oxygen atoms in total. The second-order valence-corrected chi connectivity index (χ2v) is 7.90. The third-order valence-corrected chi connectivity index (χ3v) is 6.24. The van der Waals surface area contributed by atoms with Gasteiger partial charge >= 0.3 is 11.9 Å². The fourth-order valence-corrected chi connectivity index (χ4v) is 4.49. The van der Waals surface area contributed by atoms with Gasteiger partial charge < -0.3 is 20.3 Å². The van der Waals surface area contributed by atoms with Gasteiger partial charge in [0.05, 0.1) is 12.5 Å². The molecule has 3 N–H and O–H groups in total. The van der Waals surface area contributed by atoms with E-state index in [0.717, 1.165) is 22.6 Å². The van der Waals surface area contributed by atoms with Gasteiger partial charge in [-0.1, -0.05) is 36.4 Å². The summed E-state index contributed by atoms with van der Waals surface area (Å²) in [6.07, 6.45) is 1.11. The number of hydrogen-bond donors (Lipinski definition) is 2. The molecule has 1 aliphatic heterocycles. The Bertz CT molecular complexity index is 891. The zero-order chi connectivity index (χ0) is 20.6. The number of carbonyl (C=O) groups excluding carboxylic acids is 1. The van der Waals surface area contributed by atoms with Crippen LogP contribution in [0.4, 0.5) is 0 Å². The van der Waals surface area contributed by atoms with Crippen LogP contribution in [-0.2, 0) is 14.3 Å². The highest BCUT2D eigenvalue weighted by Gasteiger charge is 2.52. The highest BCUT2D eigenvalue weighted by molar-refractivity contribution is 5.81. The minimum atomic E-state index is -1.44. The monoisotopic (exact) mass is 395 g/mol. The number of rotatable bonds is 6. The Labute approximate surface area is 169 Å². The number of para-hydroxylation sites is 2. The molecule has 0 aromatic heterocycles. The summed E-state index contributed by atoms with van der Waals surface area (Å²) in [5, 5.41) is 10.1. The van der Waals surface area contributed by atoms with Gasteiger partial charge in [-0.15, -0.1) is 0 Å². The summed E-state index contributed by atoms with van der Waals surface area (Å²) >= 11 is 0. The number of hydrogen-bond acceptors (Lipinski definition) is 5. The molecule has 152 valence electrons. The molecule has 0 amide bonds. The molecule has 1 atom stereocenters. The van der Waals surface area contributed by atoms with Gasteiger partial charge in [0, 0.05) is 17.0 Å². The minimum absolute atomic E-state index is 0.195. The summed E-state index contributed by atoms with van der Waals surface area (Å²) in [6, 6.07) is 15.3. The number of esters is 1. The molecule has 1 fully saturated rings. The zero-order valence-electron chi connectivity index (χ0n) is 16.3. The first-order valence-electron chi connectivity index (χ1n) is 9.98. The molecule has 29 heavy (non-hydrogen) atoms. The van der Waals surface area contributed by atoms with Crippen molar-refractivity contribution in [3.63, 3.8) is 0 Å². The summed E-state index contributed by atoms with van der Waals surface area (Å²) in [4.78, 5) is 24.2. The lowest BCUT2D eigenvalue weighted by Crippen LogP contribution is -2.59. The Kier molecular flexibility index (Phi) is 5.04. The van der Waals surface area contributed by atoms with Gasteiger partial charge in [0.15, 0.2) is 0 Å². The van der Waals surface area contributed by atoms with Gasteiger partial charge in [-0.2, -0.15) is 0 Å². The van der Waals surface area contributed by atoms with E-state index in [-0.39, 0.29) is 30.1 Å². The smallest absolute Gasteiger partial charge is 0.323 e. The van der Waals surface area contributed by atoms with Crippen molar-refractivity contribution in [2.24, 2.45) is 17.6 Å². The van der Waals surface area contributed by atoms with E-state index in [2.05, 4.69) is 0 Å². The lowest BCUT2D eigenvalue weighted by atomic mass is 9.61. The van der Waals surface area contributed by atoms with Gasteiger partial charge in [0.2, 0.25) is 0 Å². The molecule has 1 heterocycles. The molecule has 0 bridgehead atoms. The molecule has 1 unspecified atom stereocenters. The maximum Gasteiger partial charge on any atom is 0.323 e. The molecular formula is C23H25NO5. The average molecular weight is 395 g/mol. The van der Waals surface area contributed by atoms with E-state index < -0.39 is 11.5 Å². The Balaban J connectivity index is 1.63. The van der Waals surface area contributed by atoms with Crippen LogP contribution in [0.2, 0.25) is 0 Å².